The number of hydrogen-bond donors (Lipinski definition) is 7. The molecule has 9 atom stereocenters. The Bertz CT molecular complexity index is 1970. The van der Waals surface area contributed by atoms with Gasteiger partial charge in [-0.2, -0.15) is 0 Å². The summed E-state index contributed by atoms with van der Waals surface area (Å²) in [5, 5.41) is 61.5. The number of aliphatic hydroxyl groups is 2. The van der Waals surface area contributed by atoms with Crippen LogP contribution in [0.2, 0.25) is 0 Å². The molecule has 0 saturated carbocycles. The number of carbonyl (C=O) groups is 4. The van der Waals surface area contributed by atoms with E-state index in [0.29, 0.717) is 0 Å². The van der Waals surface area contributed by atoms with Crippen molar-refractivity contribution in [2.75, 3.05) is 24.4 Å². The van der Waals surface area contributed by atoms with Gasteiger partial charge in [0.15, 0.2) is 5.75 Å². The van der Waals surface area contributed by atoms with E-state index in [1.807, 2.05) is 0 Å². The van der Waals surface area contributed by atoms with Crippen LogP contribution in [0.4, 0.5) is 16.2 Å². The van der Waals surface area contributed by atoms with Crippen molar-refractivity contribution in [3.63, 3.8) is 0 Å². The van der Waals surface area contributed by atoms with Crippen molar-refractivity contribution in [1.29, 1.82) is 0 Å². The zero-order valence-corrected chi connectivity index (χ0v) is 33.1. The van der Waals surface area contributed by atoms with Crippen LogP contribution in [0.25, 0.3) is 10.8 Å². The van der Waals surface area contributed by atoms with Crippen LogP contribution in [-0.2, 0) is 28.5 Å². The van der Waals surface area contributed by atoms with Gasteiger partial charge in [-0.15, -0.1) is 0 Å². The number of amides is 2. The third-order valence-electron chi connectivity index (χ3n) is 10.5. The van der Waals surface area contributed by atoms with Crippen LogP contribution < -0.4 is 15.4 Å². The number of nitrogens with one attached hydrogen (secondary N) is 2. The number of aliphatic hydroxyl groups excluding tert-OH is 2. The van der Waals surface area contributed by atoms with Crippen molar-refractivity contribution in [2.45, 2.75) is 92.5 Å². The molecule has 0 spiro atoms. The lowest BCUT2D eigenvalue weighted by atomic mass is 9.78. The van der Waals surface area contributed by atoms with Gasteiger partial charge in [0.2, 0.25) is 0 Å². The van der Waals surface area contributed by atoms with Crippen LogP contribution in [0, 0.1) is 30.6 Å². The normalized spacial score (nSPS) is 30.8. The van der Waals surface area contributed by atoms with Crippen LogP contribution in [0.5, 0.6) is 23.0 Å². The lowest BCUT2D eigenvalue weighted by Gasteiger charge is -2.38. The minimum atomic E-state index is -2.11. The number of hydrogen-bond acceptors (Lipinski definition) is 14. The molecular weight excluding hydrogens is 732 g/mol. The number of aromatic hydroxyl groups is 3. The molecule has 56 heavy (non-hydrogen) atoms. The van der Waals surface area contributed by atoms with E-state index in [-0.39, 0.29) is 29.1 Å². The highest BCUT2D eigenvalue weighted by atomic mass is 16.7. The average molecular weight is 785 g/mol. The fraction of sp³-hybridized carbons (Fsp3) is 0.500. The average Bonchev–Trinajstić information content (AvgIpc) is 3.41. The first kappa shape index (κ1) is 43.4. The fourth-order valence-corrected chi connectivity index (χ4v) is 7.11. The lowest BCUT2D eigenvalue weighted by molar-refractivity contribution is -0.160. The predicted octanol–water partition coefficient (Wildman–Crippen LogP) is 5.32. The van der Waals surface area contributed by atoms with Crippen molar-refractivity contribution in [2.24, 2.45) is 23.7 Å². The smallest absolute Gasteiger partial charge is 0.411 e. The summed E-state index contributed by atoms with van der Waals surface area (Å²) in [6.07, 6.45) is 2.07. The van der Waals surface area contributed by atoms with Gasteiger partial charge >= 0.3 is 17.8 Å². The molecule has 2 amide bonds. The molecule has 16 nitrogen and oxygen atoms in total. The summed E-state index contributed by atoms with van der Waals surface area (Å²) in [6.45, 7) is 13.6. The third kappa shape index (κ3) is 8.27. The fourth-order valence-electron chi connectivity index (χ4n) is 7.11. The third-order valence-corrected chi connectivity index (χ3v) is 10.5. The number of Topliss-reactive ketones (excluding diaryl/α,β-unsaturated/α-hetero) is 1. The number of rotatable bonds is 4. The molecule has 0 unspecified atom stereocenters. The Morgan fingerprint density at radius 3 is 2.21 bits per heavy atom. The zero-order chi connectivity index (χ0) is 42.0. The lowest BCUT2D eigenvalue weighted by Crippen LogP contribution is -2.46. The van der Waals surface area contributed by atoms with Crippen molar-refractivity contribution in [3.8, 4) is 23.0 Å². The highest BCUT2D eigenvalue weighted by Gasteiger charge is 2.50. The number of fused-ring (bicyclic) bond motifs is 14. The van der Waals surface area contributed by atoms with Gasteiger partial charge < -0.3 is 54.5 Å². The van der Waals surface area contributed by atoms with Gasteiger partial charge in [-0.1, -0.05) is 45.9 Å². The summed E-state index contributed by atoms with van der Waals surface area (Å²) in [5.74, 6) is -9.40. The van der Waals surface area contributed by atoms with E-state index in [0.717, 1.165) is 6.26 Å². The standard InChI is InChI=1S/C40H52N2O14/c1-11-53-39(51)42-29-28-34(48)26-25(33(29)47)27-36(22(7)32(26)46)56-40(9,37(27)49)54-16-15-24(52-10)19(4)35(55-23(8)43)21(6)31(45)20(5)30(44)17(2)13-12-14-18(3)38(50)41-28/h12-17,19-21,24,30-31,35,44-48H,11H2,1-10H3,(H,41,50)(H,42,51)/b13-12+,16-15+,18-14-/t17-,19-,20-,21-,24+,30+,31+,35-,40+/m1/s1. The second kappa shape index (κ2) is 17.2. The molecule has 5 rings (SSSR count). The van der Waals surface area contributed by atoms with Crippen LogP contribution in [0.3, 0.4) is 0 Å². The quantitative estimate of drug-likeness (QED) is 0.118. The van der Waals surface area contributed by atoms with E-state index >= 15 is 0 Å². The zero-order valence-electron chi connectivity index (χ0n) is 33.1. The van der Waals surface area contributed by atoms with Gasteiger partial charge in [0.05, 0.1) is 42.1 Å². The van der Waals surface area contributed by atoms with Gasteiger partial charge in [-0.05, 0) is 26.8 Å². The van der Waals surface area contributed by atoms with E-state index in [2.05, 4.69) is 10.6 Å². The van der Waals surface area contributed by atoms with E-state index in [9.17, 15) is 44.7 Å². The maximum Gasteiger partial charge on any atom is 0.411 e. The molecule has 306 valence electrons. The van der Waals surface area contributed by atoms with Crippen LogP contribution in [0.1, 0.15) is 71.3 Å². The maximum atomic E-state index is 14.2. The highest BCUT2D eigenvalue weighted by Crippen LogP contribution is 2.57. The molecule has 3 aliphatic heterocycles. The van der Waals surface area contributed by atoms with Crippen LogP contribution in [-0.4, -0.2) is 93.2 Å². The Balaban J connectivity index is 1.97. The van der Waals surface area contributed by atoms with Crippen LogP contribution >= 0.6 is 0 Å². The van der Waals surface area contributed by atoms with E-state index in [4.69, 9.17) is 23.7 Å². The second-order valence-corrected chi connectivity index (χ2v) is 14.4. The molecule has 2 aromatic rings. The Morgan fingerprint density at radius 1 is 0.946 bits per heavy atom. The van der Waals surface area contributed by atoms with Gasteiger partial charge in [-0.25, -0.2) is 4.79 Å². The largest absolute Gasteiger partial charge is 0.507 e. The van der Waals surface area contributed by atoms with E-state index in [1.54, 1.807) is 33.8 Å². The number of carbonyl (C=O) groups excluding carboxylic acids is 4. The van der Waals surface area contributed by atoms with Gasteiger partial charge in [-0.3, -0.25) is 19.7 Å². The number of esters is 1. The molecule has 0 aliphatic carbocycles. The molecule has 0 saturated heterocycles. The molecule has 0 fully saturated rings. The number of methoxy groups -OCH3 is 1. The summed E-state index contributed by atoms with van der Waals surface area (Å²) >= 11 is 0. The van der Waals surface area contributed by atoms with Gasteiger partial charge in [0.1, 0.15) is 34.7 Å². The minimum absolute atomic E-state index is 0.0207. The van der Waals surface area contributed by atoms with Gasteiger partial charge in [0.25, 0.3) is 11.7 Å². The first-order valence-corrected chi connectivity index (χ1v) is 18.2. The molecule has 0 radical (unpaired) electrons. The topological polar surface area (TPSA) is 240 Å². The van der Waals surface area contributed by atoms with Crippen molar-refractivity contribution >= 4 is 45.9 Å². The molecule has 3 aliphatic rings. The maximum absolute atomic E-state index is 14.2. The molecule has 0 aromatic heterocycles. The molecule has 3 heterocycles. The minimum Gasteiger partial charge on any atom is -0.507 e. The van der Waals surface area contributed by atoms with E-state index < -0.39 is 117 Å². The Labute approximate surface area is 324 Å². The molecule has 7 N–H and O–H groups in total. The number of allylic oxidation sites excluding steroid dienone is 2. The molecule has 5 bridgehead atoms. The molecule has 2 aromatic carbocycles. The first-order valence-electron chi connectivity index (χ1n) is 18.2. The van der Waals surface area contributed by atoms with E-state index in [1.165, 1.54) is 60.0 Å². The summed E-state index contributed by atoms with van der Waals surface area (Å²) < 4.78 is 28.3. The number of ether oxygens (including phenoxy) is 5. The first-order chi connectivity index (χ1) is 26.2. The number of benzene rings is 2. The van der Waals surface area contributed by atoms with Crippen molar-refractivity contribution in [3.05, 3.63) is 47.3 Å². The van der Waals surface area contributed by atoms with Gasteiger partial charge in [0, 0.05) is 61.2 Å². The number of ketones is 1. The summed E-state index contributed by atoms with van der Waals surface area (Å²) in [6, 6.07) is 0. The number of phenolic OH excluding ortho intramolecular Hbond substituents is 3. The van der Waals surface area contributed by atoms with Crippen LogP contribution in [0.15, 0.2) is 36.1 Å². The number of anilines is 2. The summed E-state index contributed by atoms with van der Waals surface area (Å²) in [4.78, 5) is 52.7. The Hall–Kier alpha value is -5.32. The predicted molar refractivity (Wildman–Crippen MR) is 204 cm³/mol. The number of phenols is 3. The second-order valence-electron chi connectivity index (χ2n) is 14.4. The monoisotopic (exact) mass is 784 g/mol. The molecule has 16 heteroatoms. The van der Waals surface area contributed by atoms with Crippen molar-refractivity contribution < 1.29 is 68.4 Å². The Kier molecular flexibility index (Phi) is 13.3. The molecular formula is C40H52N2O14. The summed E-state index contributed by atoms with van der Waals surface area (Å²) in [5.41, 5.74) is -1.32. The highest BCUT2D eigenvalue weighted by molar-refractivity contribution is 6.24. The SMILES string of the molecule is CCOC(=O)Nc1c2c(O)c3c(O)c(C)c4c(c3c1O)C(=O)[C@@](C)(O/C=C/[C@H](OC)[C@@H](C)[C@@H](OC(C)=O)[C@H](C)[C@@H](O)[C@H](C)[C@@H](O)[C@H](C)/C=C/C=C(/C)C(=O)N2)O4. The van der Waals surface area contributed by atoms with Crippen molar-refractivity contribution in [1.82, 2.24) is 0 Å². The summed E-state index contributed by atoms with van der Waals surface area (Å²) in [7, 11) is 1.41. The Morgan fingerprint density at radius 2 is 1.61 bits per heavy atom.